The predicted molar refractivity (Wildman–Crippen MR) is 136 cm³/mol. The van der Waals surface area contributed by atoms with Gasteiger partial charge in [0.2, 0.25) is 0 Å². The highest BCUT2D eigenvalue weighted by Gasteiger charge is 2.34. The molecule has 2 heterocycles. The molecule has 0 saturated carbocycles. The molecule has 32 heavy (non-hydrogen) atoms. The Labute approximate surface area is 203 Å². The fourth-order valence-corrected chi connectivity index (χ4v) is 4.73. The molecule has 0 radical (unpaired) electrons. The number of carbonyl (C=O) groups excluding carboxylic acids is 1. The topological polar surface area (TPSA) is 59.2 Å². The van der Waals surface area contributed by atoms with Gasteiger partial charge in [-0.25, -0.2) is 0 Å². The first-order valence-corrected chi connectivity index (χ1v) is 10.8. The van der Waals surface area contributed by atoms with Crippen LogP contribution in [-0.4, -0.2) is 24.4 Å². The lowest BCUT2D eigenvalue weighted by Gasteiger charge is -2.44. The quantitative estimate of drug-likeness (QED) is 0.466. The molecule has 6 heteroatoms. The molecule has 4 rings (SSSR count). The second-order valence-electron chi connectivity index (χ2n) is 8.03. The van der Waals surface area contributed by atoms with Crippen LogP contribution in [-0.2, 0) is 12.8 Å². The van der Waals surface area contributed by atoms with Gasteiger partial charge in [0, 0.05) is 18.9 Å². The summed E-state index contributed by atoms with van der Waals surface area (Å²) in [5.74, 6) is 0.357. The van der Waals surface area contributed by atoms with Crippen molar-refractivity contribution < 1.29 is 4.79 Å². The molecule has 1 aliphatic heterocycles. The molecule has 1 aromatic heterocycles. The highest BCUT2D eigenvalue weighted by Crippen LogP contribution is 2.41. The Hall–Kier alpha value is -2.40. The first kappa shape index (κ1) is 25.9. The van der Waals surface area contributed by atoms with Crippen LogP contribution >= 0.6 is 24.8 Å². The van der Waals surface area contributed by atoms with Crippen LogP contribution in [0, 0.1) is 5.92 Å². The minimum absolute atomic E-state index is 0. The summed E-state index contributed by atoms with van der Waals surface area (Å²) >= 11 is 0. The van der Waals surface area contributed by atoms with Crippen molar-refractivity contribution in [3.8, 4) is 0 Å². The molecular formula is C26H31Cl2N3O. The van der Waals surface area contributed by atoms with E-state index in [1.165, 1.54) is 11.1 Å². The molecule has 2 atom stereocenters. The monoisotopic (exact) mass is 471 g/mol. The van der Waals surface area contributed by atoms with E-state index in [9.17, 15) is 4.79 Å². The van der Waals surface area contributed by atoms with E-state index in [0.717, 1.165) is 49.8 Å². The van der Waals surface area contributed by atoms with Crippen LogP contribution in [0.4, 0.5) is 5.69 Å². The second kappa shape index (κ2) is 12.6. The van der Waals surface area contributed by atoms with Gasteiger partial charge in [0.25, 0.3) is 0 Å². The molecule has 2 aromatic carbocycles. The number of anilines is 1. The summed E-state index contributed by atoms with van der Waals surface area (Å²) in [7, 11) is 0. The van der Waals surface area contributed by atoms with Crippen molar-refractivity contribution in [1.82, 2.24) is 4.98 Å². The van der Waals surface area contributed by atoms with E-state index in [2.05, 4.69) is 58.4 Å². The zero-order chi connectivity index (χ0) is 20.8. The van der Waals surface area contributed by atoms with Crippen molar-refractivity contribution in [3.05, 3.63) is 95.3 Å². The van der Waals surface area contributed by atoms with E-state index in [-0.39, 0.29) is 30.9 Å². The van der Waals surface area contributed by atoms with Crippen molar-refractivity contribution in [3.63, 3.8) is 0 Å². The van der Waals surface area contributed by atoms with Crippen molar-refractivity contribution in [2.24, 2.45) is 11.7 Å². The summed E-state index contributed by atoms with van der Waals surface area (Å²) in [5.41, 5.74) is 11.6. The van der Waals surface area contributed by atoms with Crippen LogP contribution in [0.2, 0.25) is 0 Å². The third kappa shape index (κ3) is 5.69. The highest BCUT2D eigenvalue weighted by molar-refractivity contribution is 5.86. The Bertz CT molecular complexity index is 969. The van der Waals surface area contributed by atoms with Gasteiger partial charge in [0.05, 0.1) is 17.3 Å². The van der Waals surface area contributed by atoms with Gasteiger partial charge in [-0.15, -0.1) is 24.8 Å². The van der Waals surface area contributed by atoms with Gasteiger partial charge >= 0.3 is 0 Å². The number of rotatable bonds is 7. The molecule has 4 nitrogen and oxygen atoms in total. The first-order valence-electron chi connectivity index (χ1n) is 10.8. The number of benzene rings is 2. The molecule has 170 valence electrons. The molecule has 1 saturated heterocycles. The number of piperidine rings is 1. The molecule has 0 spiro atoms. The number of aryl methyl sites for hydroxylation is 2. The summed E-state index contributed by atoms with van der Waals surface area (Å²) in [6.07, 6.45) is 8.52. The van der Waals surface area contributed by atoms with Crippen LogP contribution in [0.15, 0.2) is 73.1 Å². The van der Waals surface area contributed by atoms with Crippen molar-refractivity contribution >= 4 is 36.8 Å². The number of nitrogens with zero attached hydrogens (tertiary/aromatic N) is 2. The zero-order valence-corrected chi connectivity index (χ0v) is 19.7. The van der Waals surface area contributed by atoms with E-state index >= 15 is 0 Å². The first-order chi connectivity index (χ1) is 14.8. The van der Waals surface area contributed by atoms with Gasteiger partial charge in [-0.1, -0.05) is 60.7 Å². The second-order valence-corrected chi connectivity index (χ2v) is 8.03. The normalized spacial score (nSPS) is 17.7. The standard InChI is InChI=1S/C26H29N3O.2ClH/c27-16-22-12-7-15-29(25(22)21-10-5-2-6-11-21)26-23(17-28-18-24(26)19-30)14-13-20-8-3-1-4-9-20;;/h1-6,8-11,17-19,22,25H,7,12-16,27H2;2*1H. The average molecular weight is 472 g/mol. The average Bonchev–Trinajstić information content (AvgIpc) is 2.83. The van der Waals surface area contributed by atoms with Crippen molar-refractivity contribution in [2.45, 2.75) is 31.7 Å². The number of pyridine rings is 1. The third-order valence-electron chi connectivity index (χ3n) is 6.16. The largest absolute Gasteiger partial charge is 0.363 e. The number of aldehydes is 1. The molecule has 0 amide bonds. The van der Waals surface area contributed by atoms with Gasteiger partial charge in [-0.3, -0.25) is 9.78 Å². The number of hydrogen-bond donors (Lipinski definition) is 1. The van der Waals surface area contributed by atoms with Crippen LogP contribution in [0.25, 0.3) is 0 Å². The number of halogens is 2. The summed E-state index contributed by atoms with van der Waals surface area (Å²) < 4.78 is 0. The van der Waals surface area contributed by atoms with Crippen LogP contribution in [0.5, 0.6) is 0 Å². The smallest absolute Gasteiger partial charge is 0.153 e. The molecule has 2 N–H and O–H groups in total. The Morgan fingerprint density at radius 3 is 2.31 bits per heavy atom. The molecule has 3 aromatic rings. The number of aromatic nitrogens is 1. The Balaban J connectivity index is 0.00000181. The maximum absolute atomic E-state index is 12.0. The Morgan fingerprint density at radius 2 is 1.66 bits per heavy atom. The summed E-state index contributed by atoms with van der Waals surface area (Å²) in [4.78, 5) is 18.8. The van der Waals surface area contributed by atoms with E-state index < -0.39 is 0 Å². The summed E-state index contributed by atoms with van der Waals surface area (Å²) in [6, 6.07) is 21.2. The molecule has 2 unspecified atom stereocenters. The third-order valence-corrected chi connectivity index (χ3v) is 6.16. The fourth-order valence-electron chi connectivity index (χ4n) is 4.73. The van der Waals surface area contributed by atoms with E-state index in [1.807, 2.05) is 18.3 Å². The summed E-state index contributed by atoms with van der Waals surface area (Å²) in [5, 5.41) is 0. The Morgan fingerprint density at radius 1 is 0.969 bits per heavy atom. The summed E-state index contributed by atoms with van der Waals surface area (Å²) in [6.45, 7) is 1.55. The highest BCUT2D eigenvalue weighted by atomic mass is 35.5. The van der Waals surface area contributed by atoms with Crippen molar-refractivity contribution in [1.29, 1.82) is 0 Å². The number of carbonyl (C=O) groups is 1. The van der Waals surface area contributed by atoms with Gasteiger partial charge in [-0.2, -0.15) is 0 Å². The van der Waals surface area contributed by atoms with E-state index in [0.29, 0.717) is 18.0 Å². The lowest BCUT2D eigenvalue weighted by atomic mass is 9.83. The van der Waals surface area contributed by atoms with Crippen LogP contribution < -0.4 is 10.6 Å². The minimum Gasteiger partial charge on any atom is -0.363 e. The molecular weight excluding hydrogens is 441 g/mol. The molecule has 0 bridgehead atoms. The molecule has 0 aliphatic carbocycles. The van der Waals surface area contributed by atoms with Gasteiger partial charge in [0.15, 0.2) is 6.29 Å². The lowest BCUT2D eigenvalue weighted by molar-refractivity contribution is 0.112. The van der Waals surface area contributed by atoms with E-state index in [4.69, 9.17) is 5.73 Å². The minimum atomic E-state index is 0. The predicted octanol–water partition coefficient (Wildman–Crippen LogP) is 5.44. The maximum Gasteiger partial charge on any atom is 0.153 e. The lowest BCUT2D eigenvalue weighted by Crippen LogP contribution is -2.42. The SMILES string of the molecule is Cl.Cl.NCC1CCCN(c2c(C=O)cncc2CCc2ccccc2)C1c1ccccc1. The van der Waals surface area contributed by atoms with Gasteiger partial charge < -0.3 is 10.6 Å². The fraction of sp³-hybridized carbons (Fsp3) is 0.308. The van der Waals surface area contributed by atoms with Crippen LogP contribution in [0.1, 0.15) is 45.9 Å². The van der Waals surface area contributed by atoms with E-state index in [1.54, 1.807) is 6.20 Å². The zero-order valence-electron chi connectivity index (χ0n) is 18.1. The molecule has 1 aliphatic rings. The number of hydrogen-bond acceptors (Lipinski definition) is 4. The maximum atomic E-state index is 12.0. The van der Waals surface area contributed by atoms with Gasteiger partial charge in [-0.05, 0) is 54.8 Å². The Kier molecular flexibility index (Phi) is 10.2. The number of nitrogens with two attached hydrogens (primary N) is 1. The van der Waals surface area contributed by atoms with Gasteiger partial charge in [0.1, 0.15) is 0 Å². The van der Waals surface area contributed by atoms with Crippen molar-refractivity contribution in [2.75, 3.05) is 18.0 Å². The molecule has 1 fully saturated rings. The van der Waals surface area contributed by atoms with Crippen LogP contribution in [0.3, 0.4) is 0 Å².